The van der Waals surface area contributed by atoms with Gasteiger partial charge in [-0.1, -0.05) is 38.1 Å². The molecule has 0 aromatic heterocycles. The maximum Gasteiger partial charge on any atom is 0.295 e. The second-order valence-electron chi connectivity index (χ2n) is 8.28. The van der Waals surface area contributed by atoms with Gasteiger partial charge in [-0.2, -0.15) is 0 Å². The van der Waals surface area contributed by atoms with Crippen LogP contribution in [0.4, 0.5) is 4.39 Å². The molecule has 1 amide bonds. The number of hydrogen-bond acceptors (Lipinski definition) is 3. The van der Waals surface area contributed by atoms with Gasteiger partial charge in [0.05, 0.1) is 38.8 Å². The summed E-state index contributed by atoms with van der Waals surface area (Å²) in [7, 11) is 3.95. The number of benzene rings is 2. The summed E-state index contributed by atoms with van der Waals surface area (Å²) < 4.78 is 13.3. The Balaban J connectivity index is 2.12. The van der Waals surface area contributed by atoms with Gasteiger partial charge in [0.1, 0.15) is 11.6 Å². The molecule has 5 nitrogen and oxygen atoms in total. The van der Waals surface area contributed by atoms with Crippen LogP contribution in [0.3, 0.4) is 0 Å². The molecule has 1 saturated heterocycles. The lowest BCUT2D eigenvalue weighted by Gasteiger charge is -2.26. The van der Waals surface area contributed by atoms with E-state index in [2.05, 4.69) is 13.8 Å². The quantitative estimate of drug-likeness (QED) is 0.436. The molecule has 0 bridgehead atoms. The van der Waals surface area contributed by atoms with Crippen LogP contribution in [-0.2, 0) is 9.59 Å². The topological polar surface area (TPSA) is 62.0 Å². The van der Waals surface area contributed by atoms with Crippen LogP contribution in [0.5, 0.6) is 0 Å². The van der Waals surface area contributed by atoms with Gasteiger partial charge in [-0.15, -0.1) is 0 Å². The highest BCUT2D eigenvalue weighted by atomic mass is 19.1. The van der Waals surface area contributed by atoms with Crippen LogP contribution < -0.4 is 4.90 Å². The molecule has 1 aliphatic heterocycles. The first kappa shape index (κ1) is 21.7. The van der Waals surface area contributed by atoms with Crippen molar-refractivity contribution in [2.45, 2.75) is 25.8 Å². The largest absolute Gasteiger partial charge is 0.507 e. The number of likely N-dealkylation sites (tertiary alicyclic amines) is 1. The zero-order valence-corrected chi connectivity index (χ0v) is 17.8. The van der Waals surface area contributed by atoms with Gasteiger partial charge in [-0.05, 0) is 41.3 Å². The maximum atomic E-state index is 13.3. The monoisotopic (exact) mass is 411 g/mol. The molecule has 0 aliphatic carbocycles. The van der Waals surface area contributed by atoms with Gasteiger partial charge in [0.2, 0.25) is 0 Å². The number of halogens is 1. The lowest BCUT2D eigenvalue weighted by molar-refractivity contribution is -0.857. The van der Waals surface area contributed by atoms with Crippen molar-refractivity contribution >= 4 is 17.4 Å². The summed E-state index contributed by atoms with van der Waals surface area (Å²) in [6.07, 6.45) is 0. The van der Waals surface area contributed by atoms with Gasteiger partial charge >= 0.3 is 0 Å². The summed E-state index contributed by atoms with van der Waals surface area (Å²) in [5.41, 5.74) is 2.25. The average molecular weight is 411 g/mol. The minimum atomic E-state index is -0.719. The van der Waals surface area contributed by atoms with Gasteiger partial charge in [0.15, 0.2) is 0 Å². The SMILES string of the molecule is CC(C)c1ccc([C@@H]2C(=C(O)c3ccc(F)cc3)C(=O)C(=O)N2CC[NH+](C)C)cc1. The number of carbonyl (C=O) groups is 2. The van der Waals surface area contributed by atoms with Crippen LogP contribution >= 0.6 is 0 Å². The van der Waals surface area contributed by atoms with Gasteiger partial charge in [0.25, 0.3) is 11.7 Å². The van der Waals surface area contributed by atoms with E-state index in [4.69, 9.17) is 0 Å². The Morgan fingerprint density at radius 3 is 2.20 bits per heavy atom. The highest BCUT2D eigenvalue weighted by molar-refractivity contribution is 6.46. The van der Waals surface area contributed by atoms with E-state index in [0.29, 0.717) is 24.6 Å². The molecule has 2 N–H and O–H groups in total. The average Bonchev–Trinajstić information content (AvgIpc) is 2.97. The highest BCUT2D eigenvalue weighted by Gasteiger charge is 2.46. The van der Waals surface area contributed by atoms with E-state index in [9.17, 15) is 19.1 Å². The summed E-state index contributed by atoms with van der Waals surface area (Å²) in [6.45, 7) is 5.22. The number of ketones is 1. The summed E-state index contributed by atoms with van der Waals surface area (Å²) in [6, 6.07) is 12.3. The third-order valence-electron chi connectivity index (χ3n) is 5.43. The van der Waals surface area contributed by atoms with Crippen LogP contribution in [0.1, 0.15) is 42.5 Å². The summed E-state index contributed by atoms with van der Waals surface area (Å²) >= 11 is 0. The smallest absolute Gasteiger partial charge is 0.295 e. The van der Waals surface area contributed by atoms with Crippen molar-refractivity contribution in [3.8, 4) is 0 Å². The third-order valence-corrected chi connectivity index (χ3v) is 5.43. The zero-order chi connectivity index (χ0) is 22.0. The second-order valence-corrected chi connectivity index (χ2v) is 8.28. The Morgan fingerprint density at radius 2 is 1.67 bits per heavy atom. The van der Waals surface area contributed by atoms with Crippen molar-refractivity contribution in [2.24, 2.45) is 0 Å². The minimum absolute atomic E-state index is 0.0395. The molecule has 0 radical (unpaired) electrons. The molecule has 158 valence electrons. The summed E-state index contributed by atoms with van der Waals surface area (Å²) in [5, 5.41) is 10.9. The van der Waals surface area contributed by atoms with E-state index < -0.39 is 23.5 Å². The first-order valence-electron chi connectivity index (χ1n) is 10.1. The van der Waals surface area contributed by atoms with E-state index in [1.807, 2.05) is 38.4 Å². The van der Waals surface area contributed by atoms with Gasteiger partial charge < -0.3 is 14.9 Å². The minimum Gasteiger partial charge on any atom is -0.507 e. The van der Waals surface area contributed by atoms with E-state index in [1.54, 1.807) is 0 Å². The van der Waals surface area contributed by atoms with Crippen LogP contribution in [-0.4, -0.2) is 48.9 Å². The molecule has 2 aromatic rings. The van der Waals surface area contributed by atoms with E-state index >= 15 is 0 Å². The molecular weight excluding hydrogens is 383 g/mol. The molecule has 0 spiro atoms. The Morgan fingerprint density at radius 1 is 1.07 bits per heavy atom. The molecular formula is C24H28FN2O3+. The van der Waals surface area contributed by atoms with Gasteiger partial charge in [-0.3, -0.25) is 9.59 Å². The van der Waals surface area contributed by atoms with Crippen molar-refractivity contribution in [3.63, 3.8) is 0 Å². The Bertz CT molecular complexity index is 963. The fourth-order valence-electron chi connectivity index (χ4n) is 3.63. The van der Waals surface area contributed by atoms with E-state index in [-0.39, 0.29) is 11.3 Å². The fourth-order valence-corrected chi connectivity index (χ4v) is 3.63. The molecule has 1 heterocycles. The van der Waals surface area contributed by atoms with E-state index in [0.717, 1.165) is 16.0 Å². The standard InChI is InChI=1S/C24H27FN2O3/c1-15(2)16-5-7-17(8-6-16)21-20(22(28)18-9-11-19(25)12-10-18)23(29)24(30)27(21)14-13-26(3)4/h5-12,15,21,28H,13-14H2,1-4H3/p+1/t21-/m1/s1. The molecule has 1 aliphatic rings. The normalized spacial score (nSPS) is 18.6. The van der Waals surface area contributed by atoms with E-state index in [1.165, 1.54) is 29.2 Å². The number of rotatable bonds is 6. The number of carbonyl (C=O) groups excluding carboxylic acids is 2. The number of Topliss-reactive ketones (excluding diaryl/α,β-unsaturated/α-hetero) is 1. The predicted molar refractivity (Wildman–Crippen MR) is 114 cm³/mol. The van der Waals surface area contributed by atoms with Crippen LogP contribution in [0.15, 0.2) is 54.1 Å². The van der Waals surface area contributed by atoms with Crippen molar-refractivity contribution in [3.05, 3.63) is 76.6 Å². The van der Waals surface area contributed by atoms with Crippen LogP contribution in [0, 0.1) is 5.82 Å². The summed E-state index contributed by atoms with van der Waals surface area (Å²) in [4.78, 5) is 28.4. The van der Waals surface area contributed by atoms with Gasteiger partial charge in [-0.25, -0.2) is 4.39 Å². The maximum absolute atomic E-state index is 13.3. The molecule has 6 heteroatoms. The number of aliphatic hydroxyl groups excluding tert-OH is 1. The molecule has 2 aromatic carbocycles. The Hall–Kier alpha value is -2.99. The molecule has 0 saturated carbocycles. The molecule has 3 rings (SSSR count). The molecule has 1 atom stereocenters. The Labute approximate surface area is 176 Å². The second kappa shape index (κ2) is 8.79. The van der Waals surface area contributed by atoms with Crippen LogP contribution in [0.2, 0.25) is 0 Å². The molecule has 0 unspecified atom stereocenters. The molecule has 1 fully saturated rings. The zero-order valence-electron chi connectivity index (χ0n) is 17.8. The van der Waals surface area contributed by atoms with Crippen molar-refractivity contribution in [1.29, 1.82) is 0 Å². The lowest BCUT2D eigenvalue weighted by Crippen LogP contribution is -3.06. The van der Waals surface area contributed by atoms with Crippen LogP contribution in [0.25, 0.3) is 5.76 Å². The first-order chi connectivity index (χ1) is 14.2. The number of amides is 1. The number of likely N-dealkylation sites (N-methyl/N-ethyl adjacent to an activating group) is 1. The predicted octanol–water partition coefficient (Wildman–Crippen LogP) is 2.52. The molecule has 30 heavy (non-hydrogen) atoms. The Kier molecular flexibility index (Phi) is 6.37. The number of nitrogens with one attached hydrogen (secondary N) is 1. The lowest BCUT2D eigenvalue weighted by atomic mass is 9.93. The first-order valence-corrected chi connectivity index (χ1v) is 10.1. The van der Waals surface area contributed by atoms with Gasteiger partial charge in [0, 0.05) is 5.56 Å². The highest BCUT2D eigenvalue weighted by Crippen LogP contribution is 2.39. The summed E-state index contributed by atoms with van der Waals surface area (Å²) in [5.74, 6) is -1.73. The fraction of sp³-hybridized carbons (Fsp3) is 0.333. The number of nitrogens with zero attached hydrogens (tertiary/aromatic N) is 1. The van der Waals surface area contributed by atoms with Crippen molar-refractivity contribution in [1.82, 2.24) is 4.90 Å². The van der Waals surface area contributed by atoms with Crippen molar-refractivity contribution < 1.29 is 24.0 Å². The third kappa shape index (κ3) is 4.28. The number of aliphatic hydroxyl groups is 1. The van der Waals surface area contributed by atoms with Crippen molar-refractivity contribution in [2.75, 3.05) is 27.2 Å². The number of quaternary nitrogens is 1. The number of hydrogen-bond donors (Lipinski definition) is 2.